The molecule has 21 heavy (non-hydrogen) atoms. The van der Waals surface area contributed by atoms with Gasteiger partial charge < -0.3 is 15.2 Å². The van der Waals surface area contributed by atoms with Crippen LogP contribution in [0, 0.1) is 6.92 Å². The van der Waals surface area contributed by atoms with Gasteiger partial charge in [-0.3, -0.25) is 4.79 Å². The molecular weight excluding hydrogens is 264 g/mol. The average molecular weight is 284 g/mol. The minimum Gasteiger partial charge on any atom is -0.399 e. The molecule has 2 aromatic rings. The van der Waals surface area contributed by atoms with Crippen molar-refractivity contribution in [1.29, 1.82) is 0 Å². The number of carbonyl (C=O) groups excluding carboxylic acids is 1. The van der Waals surface area contributed by atoms with E-state index < -0.39 is 0 Å². The van der Waals surface area contributed by atoms with E-state index in [0.717, 1.165) is 24.2 Å². The molecule has 1 aromatic heterocycles. The van der Waals surface area contributed by atoms with E-state index in [2.05, 4.69) is 4.98 Å². The summed E-state index contributed by atoms with van der Waals surface area (Å²) >= 11 is 0. The van der Waals surface area contributed by atoms with Gasteiger partial charge >= 0.3 is 0 Å². The summed E-state index contributed by atoms with van der Waals surface area (Å²) in [6, 6.07) is 5.81. The van der Waals surface area contributed by atoms with Crippen molar-refractivity contribution < 1.29 is 4.79 Å². The molecule has 110 valence electrons. The highest BCUT2D eigenvalue weighted by Crippen LogP contribution is 2.30. The zero-order valence-electron chi connectivity index (χ0n) is 12.4. The molecule has 0 aliphatic heterocycles. The number of aromatic nitrogens is 2. The number of aryl methyl sites for hydroxylation is 2. The molecule has 1 aliphatic rings. The number of rotatable bonds is 4. The van der Waals surface area contributed by atoms with Gasteiger partial charge in [0.2, 0.25) is 0 Å². The smallest absolute Gasteiger partial charge is 0.254 e. The third-order valence-corrected chi connectivity index (χ3v) is 4.00. The Morgan fingerprint density at radius 3 is 2.81 bits per heavy atom. The summed E-state index contributed by atoms with van der Waals surface area (Å²) in [5, 5.41) is 0. The summed E-state index contributed by atoms with van der Waals surface area (Å²) < 4.78 is 1.96. The van der Waals surface area contributed by atoms with Crippen molar-refractivity contribution in [2.24, 2.45) is 7.05 Å². The Bertz CT molecular complexity index is 673. The van der Waals surface area contributed by atoms with Crippen molar-refractivity contribution in [2.45, 2.75) is 32.4 Å². The normalized spacial score (nSPS) is 14.2. The molecule has 0 saturated heterocycles. The molecular formula is C16H20N4O. The van der Waals surface area contributed by atoms with E-state index in [9.17, 15) is 4.79 Å². The number of nitrogens with zero attached hydrogens (tertiary/aromatic N) is 3. The molecule has 1 aliphatic carbocycles. The van der Waals surface area contributed by atoms with Crippen LogP contribution in [0.2, 0.25) is 0 Å². The molecule has 2 N–H and O–H groups in total. The van der Waals surface area contributed by atoms with Gasteiger partial charge in [-0.15, -0.1) is 0 Å². The standard InChI is InChI=1S/C16H20N4O/c1-11-9-12(3-6-14(11)17)16(21)20(13-4-5-13)10-15-18-7-8-19(15)2/h3,6-9,13H,4-5,10,17H2,1-2H3. The van der Waals surface area contributed by atoms with E-state index in [4.69, 9.17) is 5.73 Å². The number of amides is 1. The minimum atomic E-state index is 0.0589. The molecule has 1 heterocycles. The maximum Gasteiger partial charge on any atom is 0.254 e. The predicted octanol–water partition coefficient (Wildman–Crippen LogP) is 2.12. The van der Waals surface area contributed by atoms with Crippen molar-refractivity contribution >= 4 is 11.6 Å². The van der Waals surface area contributed by atoms with Crippen molar-refractivity contribution in [3.63, 3.8) is 0 Å². The lowest BCUT2D eigenvalue weighted by Crippen LogP contribution is -2.33. The summed E-state index contributed by atoms with van der Waals surface area (Å²) in [6.07, 6.45) is 5.81. The molecule has 0 radical (unpaired) electrons. The number of carbonyl (C=O) groups is 1. The van der Waals surface area contributed by atoms with Crippen LogP contribution in [0.15, 0.2) is 30.6 Å². The first-order chi connectivity index (χ1) is 10.1. The zero-order valence-corrected chi connectivity index (χ0v) is 12.4. The number of nitrogens with two attached hydrogens (primary N) is 1. The molecule has 1 saturated carbocycles. The van der Waals surface area contributed by atoms with Crippen molar-refractivity contribution in [2.75, 3.05) is 5.73 Å². The Hall–Kier alpha value is -2.30. The molecule has 0 atom stereocenters. The lowest BCUT2D eigenvalue weighted by Gasteiger charge is -2.22. The van der Waals surface area contributed by atoms with Gasteiger partial charge in [-0.05, 0) is 43.5 Å². The van der Waals surface area contributed by atoms with Crippen LogP contribution in [0.1, 0.15) is 34.6 Å². The number of benzene rings is 1. The Morgan fingerprint density at radius 1 is 1.48 bits per heavy atom. The van der Waals surface area contributed by atoms with E-state index in [-0.39, 0.29) is 5.91 Å². The first-order valence-corrected chi connectivity index (χ1v) is 7.19. The minimum absolute atomic E-state index is 0.0589. The largest absolute Gasteiger partial charge is 0.399 e. The van der Waals surface area contributed by atoms with E-state index in [0.29, 0.717) is 23.8 Å². The predicted molar refractivity (Wildman–Crippen MR) is 81.7 cm³/mol. The lowest BCUT2D eigenvalue weighted by atomic mass is 10.1. The molecule has 1 aromatic carbocycles. The number of hydrogen-bond acceptors (Lipinski definition) is 3. The quantitative estimate of drug-likeness (QED) is 0.875. The van der Waals surface area contributed by atoms with Crippen molar-refractivity contribution in [3.05, 3.63) is 47.5 Å². The van der Waals surface area contributed by atoms with E-state index >= 15 is 0 Å². The van der Waals surface area contributed by atoms with Crippen LogP contribution >= 0.6 is 0 Å². The number of imidazole rings is 1. The second kappa shape index (κ2) is 5.24. The number of hydrogen-bond donors (Lipinski definition) is 1. The van der Waals surface area contributed by atoms with Crippen LogP contribution in [-0.4, -0.2) is 26.4 Å². The Balaban J connectivity index is 1.85. The van der Waals surface area contributed by atoms with Gasteiger partial charge in [-0.2, -0.15) is 0 Å². The Kier molecular flexibility index (Phi) is 3.41. The highest BCUT2D eigenvalue weighted by atomic mass is 16.2. The second-order valence-corrected chi connectivity index (χ2v) is 5.69. The van der Waals surface area contributed by atoms with Crippen LogP contribution in [-0.2, 0) is 13.6 Å². The third kappa shape index (κ3) is 2.77. The first-order valence-electron chi connectivity index (χ1n) is 7.19. The summed E-state index contributed by atoms with van der Waals surface area (Å²) in [6.45, 7) is 2.47. The van der Waals surface area contributed by atoms with Crippen LogP contribution in [0.25, 0.3) is 0 Å². The highest BCUT2D eigenvalue weighted by molar-refractivity contribution is 5.95. The molecule has 0 bridgehead atoms. The lowest BCUT2D eigenvalue weighted by molar-refractivity contribution is 0.0724. The maximum atomic E-state index is 12.8. The fourth-order valence-corrected chi connectivity index (χ4v) is 2.43. The Labute approximate surface area is 124 Å². The van der Waals surface area contributed by atoms with Gasteiger partial charge in [0.1, 0.15) is 5.82 Å². The molecule has 5 heteroatoms. The van der Waals surface area contributed by atoms with Gasteiger partial charge in [0.15, 0.2) is 0 Å². The zero-order chi connectivity index (χ0) is 15.0. The van der Waals surface area contributed by atoms with Gasteiger partial charge in [0.25, 0.3) is 5.91 Å². The molecule has 1 amide bonds. The third-order valence-electron chi connectivity index (χ3n) is 4.00. The Morgan fingerprint density at radius 2 is 2.24 bits per heavy atom. The van der Waals surface area contributed by atoms with Gasteiger partial charge in [0.05, 0.1) is 6.54 Å². The van der Waals surface area contributed by atoms with E-state index in [1.54, 1.807) is 18.3 Å². The molecule has 0 spiro atoms. The van der Waals surface area contributed by atoms with Crippen LogP contribution in [0.3, 0.4) is 0 Å². The monoisotopic (exact) mass is 284 g/mol. The second-order valence-electron chi connectivity index (χ2n) is 5.69. The molecule has 0 unspecified atom stereocenters. The summed E-state index contributed by atoms with van der Waals surface area (Å²) in [5.74, 6) is 0.964. The number of nitrogen functional groups attached to an aromatic ring is 1. The SMILES string of the molecule is Cc1cc(C(=O)N(Cc2nccn2C)C2CC2)ccc1N. The van der Waals surface area contributed by atoms with Gasteiger partial charge in [-0.25, -0.2) is 4.98 Å². The fraction of sp³-hybridized carbons (Fsp3) is 0.375. The topological polar surface area (TPSA) is 64.2 Å². The highest BCUT2D eigenvalue weighted by Gasteiger charge is 2.33. The first kappa shape index (κ1) is 13.7. The van der Waals surface area contributed by atoms with E-state index in [1.807, 2.05) is 35.7 Å². The van der Waals surface area contributed by atoms with E-state index in [1.165, 1.54) is 0 Å². The fourth-order valence-electron chi connectivity index (χ4n) is 2.43. The number of anilines is 1. The maximum absolute atomic E-state index is 12.8. The van der Waals surface area contributed by atoms with Gasteiger partial charge in [0, 0.05) is 36.7 Å². The summed E-state index contributed by atoms with van der Waals surface area (Å²) in [5.41, 5.74) is 8.18. The van der Waals surface area contributed by atoms with Crippen molar-refractivity contribution in [1.82, 2.24) is 14.5 Å². The molecule has 3 rings (SSSR count). The summed E-state index contributed by atoms with van der Waals surface area (Å²) in [7, 11) is 1.95. The van der Waals surface area contributed by atoms with Crippen LogP contribution in [0.5, 0.6) is 0 Å². The van der Waals surface area contributed by atoms with Gasteiger partial charge in [-0.1, -0.05) is 0 Å². The molecule has 5 nitrogen and oxygen atoms in total. The van der Waals surface area contributed by atoms with Crippen LogP contribution < -0.4 is 5.73 Å². The van der Waals surface area contributed by atoms with Crippen LogP contribution in [0.4, 0.5) is 5.69 Å². The summed E-state index contributed by atoms with van der Waals surface area (Å²) in [4.78, 5) is 19.0. The average Bonchev–Trinajstić information content (AvgIpc) is 3.22. The van der Waals surface area contributed by atoms with Crippen molar-refractivity contribution in [3.8, 4) is 0 Å². The molecule has 1 fully saturated rings.